The van der Waals surface area contributed by atoms with Gasteiger partial charge in [0.2, 0.25) is 0 Å². The Morgan fingerprint density at radius 3 is 2.59 bits per heavy atom. The average molecular weight is 550 g/mol. The minimum Gasteiger partial charge on any atom is -0.497 e. The standard InChI is InChI=1S/C33H32FN5O2/c1-33(2,3)16-31(40)36-23-11-21(17-35-18-23)19-8-9-29-27(13-19)32(39-38-29)30-15-26-25(6-5-7-28(26)37-30)20-10-22(34)14-24(12-20)41-4/h5-15,17-18,31,36-37,40H,16H2,1-4H3,(H,38,39). The van der Waals surface area contributed by atoms with Crippen molar-refractivity contribution in [3.63, 3.8) is 0 Å². The van der Waals surface area contributed by atoms with Gasteiger partial charge in [0.1, 0.15) is 23.5 Å². The fourth-order valence-electron chi connectivity index (χ4n) is 5.27. The molecule has 3 heterocycles. The summed E-state index contributed by atoms with van der Waals surface area (Å²) in [4.78, 5) is 7.90. The van der Waals surface area contributed by atoms with Gasteiger partial charge in [-0.3, -0.25) is 10.1 Å². The van der Waals surface area contributed by atoms with Gasteiger partial charge in [-0.25, -0.2) is 4.39 Å². The summed E-state index contributed by atoms with van der Waals surface area (Å²) in [5, 5.41) is 23.3. The Balaban J connectivity index is 1.37. The highest BCUT2D eigenvalue weighted by molar-refractivity contribution is 6.02. The molecule has 0 aliphatic heterocycles. The quantitative estimate of drug-likeness (QED) is 0.153. The Morgan fingerprint density at radius 2 is 1.78 bits per heavy atom. The van der Waals surface area contributed by atoms with Crippen molar-refractivity contribution in [2.75, 3.05) is 12.4 Å². The number of nitrogens with one attached hydrogen (secondary N) is 3. The van der Waals surface area contributed by atoms with Gasteiger partial charge in [-0.2, -0.15) is 5.10 Å². The molecule has 7 nitrogen and oxygen atoms in total. The molecule has 208 valence electrons. The van der Waals surface area contributed by atoms with E-state index in [0.717, 1.165) is 61.1 Å². The largest absolute Gasteiger partial charge is 0.497 e. The third kappa shape index (κ3) is 5.51. The summed E-state index contributed by atoms with van der Waals surface area (Å²) in [5.74, 6) is 0.117. The second-order valence-corrected chi connectivity index (χ2v) is 11.5. The van der Waals surface area contributed by atoms with Crippen molar-refractivity contribution in [2.45, 2.75) is 33.4 Å². The molecular formula is C33H32FN5O2. The van der Waals surface area contributed by atoms with Crippen LogP contribution in [0, 0.1) is 11.2 Å². The number of H-pyrrole nitrogens is 2. The number of fused-ring (bicyclic) bond motifs is 2. The Bertz CT molecular complexity index is 1870. The Labute approximate surface area is 237 Å². The van der Waals surface area contributed by atoms with Gasteiger partial charge < -0.3 is 20.1 Å². The summed E-state index contributed by atoms with van der Waals surface area (Å²) in [6.45, 7) is 6.28. The van der Waals surface area contributed by atoms with E-state index in [9.17, 15) is 9.50 Å². The van der Waals surface area contributed by atoms with Crippen LogP contribution in [0.2, 0.25) is 0 Å². The van der Waals surface area contributed by atoms with Gasteiger partial charge in [0.25, 0.3) is 0 Å². The van der Waals surface area contributed by atoms with Crippen molar-refractivity contribution in [1.82, 2.24) is 20.2 Å². The number of benzene rings is 3. The molecule has 0 amide bonds. The summed E-state index contributed by atoms with van der Waals surface area (Å²) < 4.78 is 19.6. The van der Waals surface area contributed by atoms with Crippen LogP contribution in [0.4, 0.5) is 10.1 Å². The van der Waals surface area contributed by atoms with Crippen LogP contribution >= 0.6 is 0 Å². The topological polar surface area (TPSA) is 98.9 Å². The minimum absolute atomic E-state index is 0.00624. The minimum atomic E-state index is -0.671. The molecule has 0 saturated heterocycles. The van der Waals surface area contributed by atoms with Gasteiger partial charge in [-0.15, -0.1) is 0 Å². The average Bonchev–Trinajstić information content (AvgIpc) is 3.55. The lowest BCUT2D eigenvalue weighted by Gasteiger charge is -2.23. The van der Waals surface area contributed by atoms with Gasteiger partial charge in [0, 0.05) is 34.1 Å². The first-order valence-corrected chi connectivity index (χ1v) is 13.5. The molecule has 1 atom stereocenters. The van der Waals surface area contributed by atoms with Gasteiger partial charge >= 0.3 is 0 Å². The molecule has 6 aromatic rings. The summed E-state index contributed by atoms with van der Waals surface area (Å²) in [5.41, 5.74) is 7.73. The van der Waals surface area contributed by atoms with Gasteiger partial charge in [-0.1, -0.05) is 39.0 Å². The van der Waals surface area contributed by atoms with Crippen molar-refractivity contribution in [1.29, 1.82) is 0 Å². The lowest BCUT2D eigenvalue weighted by Crippen LogP contribution is -2.25. The highest BCUT2D eigenvalue weighted by atomic mass is 19.1. The SMILES string of the molecule is COc1cc(F)cc(-c2cccc3[nH]c(-c4n[nH]c5ccc(-c6cncc(NC(O)CC(C)(C)C)c6)cc45)cc23)c1. The number of hydrogen-bond donors (Lipinski definition) is 4. The van der Waals surface area contributed by atoms with Gasteiger partial charge in [-0.05, 0) is 71.0 Å². The van der Waals surface area contributed by atoms with E-state index in [1.807, 2.05) is 54.7 Å². The number of aliphatic hydroxyl groups is 1. The summed E-state index contributed by atoms with van der Waals surface area (Å²) in [6.07, 6.45) is 3.47. The molecule has 41 heavy (non-hydrogen) atoms. The zero-order valence-corrected chi connectivity index (χ0v) is 23.4. The number of aliphatic hydroxyl groups excluding tert-OH is 1. The Morgan fingerprint density at radius 1 is 0.927 bits per heavy atom. The van der Waals surface area contributed by atoms with E-state index in [4.69, 9.17) is 4.74 Å². The van der Waals surface area contributed by atoms with Gasteiger partial charge in [0.15, 0.2) is 0 Å². The number of aromatic nitrogens is 4. The van der Waals surface area contributed by atoms with E-state index in [0.29, 0.717) is 12.2 Å². The summed E-state index contributed by atoms with van der Waals surface area (Å²) >= 11 is 0. The fourth-order valence-corrected chi connectivity index (χ4v) is 5.27. The summed E-state index contributed by atoms with van der Waals surface area (Å²) in [6, 6.07) is 20.8. The Kier molecular flexibility index (Phi) is 6.71. The molecule has 0 fully saturated rings. The van der Waals surface area contributed by atoms with E-state index in [-0.39, 0.29) is 11.2 Å². The second-order valence-electron chi connectivity index (χ2n) is 11.5. The van der Waals surface area contributed by atoms with Crippen LogP contribution in [0.25, 0.3) is 55.4 Å². The molecular weight excluding hydrogens is 517 g/mol. The van der Waals surface area contributed by atoms with Crippen molar-refractivity contribution < 1.29 is 14.2 Å². The van der Waals surface area contributed by atoms with Crippen molar-refractivity contribution in [3.8, 4) is 39.4 Å². The lowest BCUT2D eigenvalue weighted by atomic mass is 9.91. The van der Waals surface area contributed by atoms with Gasteiger partial charge in [0.05, 0.1) is 30.2 Å². The van der Waals surface area contributed by atoms with Crippen molar-refractivity contribution in [2.24, 2.45) is 5.41 Å². The van der Waals surface area contributed by atoms with Crippen LogP contribution < -0.4 is 10.1 Å². The molecule has 0 saturated carbocycles. The predicted octanol–water partition coefficient (Wildman–Crippen LogP) is 7.75. The highest BCUT2D eigenvalue weighted by Crippen LogP contribution is 2.36. The third-order valence-electron chi connectivity index (χ3n) is 7.11. The van der Waals surface area contributed by atoms with E-state index < -0.39 is 6.23 Å². The zero-order valence-electron chi connectivity index (χ0n) is 23.4. The molecule has 0 radical (unpaired) electrons. The van der Waals surface area contributed by atoms with Crippen molar-refractivity contribution in [3.05, 3.63) is 84.9 Å². The molecule has 0 bridgehead atoms. The van der Waals surface area contributed by atoms with E-state index >= 15 is 0 Å². The molecule has 0 aliphatic carbocycles. The smallest absolute Gasteiger partial charge is 0.127 e. The third-order valence-corrected chi connectivity index (χ3v) is 7.11. The normalized spacial score (nSPS) is 12.6. The number of aromatic amines is 2. The highest BCUT2D eigenvalue weighted by Gasteiger charge is 2.18. The van der Waals surface area contributed by atoms with Crippen LogP contribution in [-0.2, 0) is 0 Å². The molecule has 8 heteroatoms. The number of nitrogens with zero attached hydrogens (tertiary/aromatic N) is 2. The number of methoxy groups -OCH3 is 1. The second kappa shape index (κ2) is 10.4. The first kappa shape index (κ1) is 26.5. The van der Waals surface area contributed by atoms with E-state index in [2.05, 4.69) is 52.3 Å². The molecule has 1 unspecified atom stereocenters. The first-order chi connectivity index (χ1) is 19.7. The first-order valence-electron chi connectivity index (χ1n) is 13.5. The Hall–Kier alpha value is -4.69. The monoisotopic (exact) mass is 549 g/mol. The predicted molar refractivity (Wildman–Crippen MR) is 162 cm³/mol. The van der Waals surface area contributed by atoms with Crippen LogP contribution in [0.3, 0.4) is 0 Å². The fraction of sp³-hybridized carbons (Fsp3) is 0.212. The van der Waals surface area contributed by atoms with Crippen molar-refractivity contribution >= 4 is 27.5 Å². The number of anilines is 1. The maximum Gasteiger partial charge on any atom is 0.127 e. The van der Waals surface area contributed by atoms with Crippen LogP contribution in [0.15, 0.2) is 79.1 Å². The number of hydrogen-bond acceptors (Lipinski definition) is 5. The summed E-state index contributed by atoms with van der Waals surface area (Å²) in [7, 11) is 1.53. The van der Waals surface area contributed by atoms with E-state index in [1.165, 1.54) is 19.2 Å². The van der Waals surface area contributed by atoms with Crippen LogP contribution in [-0.4, -0.2) is 38.6 Å². The molecule has 0 aliphatic rings. The number of ether oxygens (including phenoxy) is 1. The molecule has 4 N–H and O–H groups in total. The molecule has 3 aromatic heterocycles. The van der Waals surface area contributed by atoms with E-state index in [1.54, 1.807) is 6.20 Å². The number of pyridine rings is 1. The molecule has 6 rings (SSSR count). The molecule has 0 spiro atoms. The van der Waals surface area contributed by atoms with Crippen LogP contribution in [0.1, 0.15) is 27.2 Å². The lowest BCUT2D eigenvalue weighted by molar-refractivity contribution is 0.145. The van der Waals surface area contributed by atoms with Crippen LogP contribution in [0.5, 0.6) is 5.75 Å². The zero-order chi connectivity index (χ0) is 28.7. The maximum absolute atomic E-state index is 14.3. The molecule has 3 aromatic carbocycles. The number of rotatable bonds is 7. The maximum atomic E-state index is 14.3. The number of halogens is 1.